The fourth-order valence-electron chi connectivity index (χ4n) is 3.84. The molecule has 0 radical (unpaired) electrons. The van der Waals surface area contributed by atoms with Crippen molar-refractivity contribution in [3.63, 3.8) is 0 Å². The standard InChI is InChI=1S/C26H23NO7/c1-15(2)34-19-7-4-6-17(14-19)23(28)21-22(20-8-5-13-33-20)27(25(30)24(21)29)18-11-9-16(10-12-18)26(31)32-3/h4-15,22,28H,1-3H3/b23-21-. The molecule has 174 valence electrons. The Hall–Kier alpha value is -4.33. The lowest BCUT2D eigenvalue weighted by Gasteiger charge is -2.23. The highest BCUT2D eigenvalue weighted by Crippen LogP contribution is 2.42. The van der Waals surface area contributed by atoms with Gasteiger partial charge in [-0.15, -0.1) is 0 Å². The van der Waals surface area contributed by atoms with Crippen molar-refractivity contribution in [2.45, 2.75) is 26.0 Å². The van der Waals surface area contributed by atoms with Crippen LogP contribution < -0.4 is 9.64 Å². The molecule has 8 nitrogen and oxygen atoms in total. The first-order valence-corrected chi connectivity index (χ1v) is 10.6. The van der Waals surface area contributed by atoms with Gasteiger partial charge in [0.05, 0.1) is 30.6 Å². The molecule has 1 aromatic heterocycles. The molecule has 0 spiro atoms. The maximum atomic E-state index is 13.1. The Bertz CT molecular complexity index is 1260. The smallest absolute Gasteiger partial charge is 0.337 e. The second-order valence-electron chi connectivity index (χ2n) is 7.92. The van der Waals surface area contributed by atoms with Gasteiger partial charge in [0.2, 0.25) is 0 Å². The van der Waals surface area contributed by atoms with Crippen LogP contribution in [-0.4, -0.2) is 36.0 Å². The first-order valence-electron chi connectivity index (χ1n) is 10.6. The number of hydrogen-bond acceptors (Lipinski definition) is 7. The minimum atomic E-state index is -1.01. The summed E-state index contributed by atoms with van der Waals surface area (Å²) >= 11 is 0. The number of rotatable bonds is 6. The molecule has 2 aromatic carbocycles. The maximum Gasteiger partial charge on any atom is 0.337 e. The van der Waals surface area contributed by atoms with E-state index in [1.165, 1.54) is 42.5 Å². The first-order chi connectivity index (χ1) is 16.3. The van der Waals surface area contributed by atoms with E-state index in [0.717, 1.165) is 0 Å². The van der Waals surface area contributed by atoms with Gasteiger partial charge in [0.15, 0.2) is 0 Å². The van der Waals surface area contributed by atoms with Crippen LogP contribution in [-0.2, 0) is 14.3 Å². The Morgan fingerprint density at radius 3 is 2.38 bits per heavy atom. The quantitative estimate of drug-likeness (QED) is 0.250. The number of carbonyl (C=O) groups is 3. The summed E-state index contributed by atoms with van der Waals surface area (Å²) in [4.78, 5) is 39.3. The number of furan rings is 1. The average molecular weight is 461 g/mol. The highest BCUT2D eigenvalue weighted by atomic mass is 16.5. The summed E-state index contributed by atoms with van der Waals surface area (Å²) in [6.07, 6.45) is 1.34. The third-order valence-corrected chi connectivity index (χ3v) is 5.30. The number of nitrogens with zero attached hydrogens (tertiary/aromatic N) is 1. The molecule has 1 unspecified atom stereocenters. The zero-order valence-electron chi connectivity index (χ0n) is 18.8. The van der Waals surface area contributed by atoms with E-state index in [4.69, 9.17) is 13.9 Å². The Labute approximate surface area is 196 Å². The molecule has 2 heterocycles. The number of ether oxygens (including phenoxy) is 2. The van der Waals surface area contributed by atoms with Crippen LogP contribution in [0.15, 0.2) is 76.9 Å². The van der Waals surface area contributed by atoms with Crippen molar-refractivity contribution in [1.82, 2.24) is 0 Å². The topological polar surface area (TPSA) is 106 Å². The summed E-state index contributed by atoms with van der Waals surface area (Å²) in [5.74, 6) is -1.74. The van der Waals surface area contributed by atoms with E-state index in [-0.39, 0.29) is 17.4 Å². The number of aliphatic hydroxyl groups is 1. The van der Waals surface area contributed by atoms with Crippen molar-refractivity contribution in [3.8, 4) is 5.75 Å². The van der Waals surface area contributed by atoms with E-state index in [0.29, 0.717) is 28.3 Å². The van der Waals surface area contributed by atoms with Crippen LogP contribution in [0.25, 0.3) is 5.76 Å². The molecule has 0 bridgehead atoms. The minimum absolute atomic E-state index is 0.0842. The molecule has 1 saturated heterocycles. The SMILES string of the molecule is COC(=O)c1ccc(N2C(=O)C(=O)/C(=C(\O)c3cccc(OC(C)C)c3)C2c2ccco2)cc1. The van der Waals surface area contributed by atoms with Crippen LogP contribution in [0, 0.1) is 0 Å². The summed E-state index contributed by atoms with van der Waals surface area (Å²) in [5.41, 5.74) is 0.860. The number of ketones is 1. The predicted molar refractivity (Wildman–Crippen MR) is 123 cm³/mol. The molecule has 1 fully saturated rings. The van der Waals surface area contributed by atoms with Crippen molar-refractivity contribution in [2.75, 3.05) is 12.0 Å². The summed E-state index contributed by atoms with van der Waals surface area (Å²) in [7, 11) is 1.27. The first kappa shape index (κ1) is 22.8. The highest BCUT2D eigenvalue weighted by Gasteiger charge is 2.48. The number of esters is 1. The largest absolute Gasteiger partial charge is 0.507 e. The second kappa shape index (κ2) is 9.27. The molecular weight excluding hydrogens is 438 g/mol. The second-order valence-corrected chi connectivity index (χ2v) is 7.92. The van der Waals surface area contributed by atoms with Gasteiger partial charge in [0, 0.05) is 11.3 Å². The summed E-state index contributed by atoms with van der Waals surface area (Å²) in [5, 5.41) is 11.2. The van der Waals surface area contributed by atoms with Crippen LogP contribution in [0.2, 0.25) is 0 Å². The fourth-order valence-corrected chi connectivity index (χ4v) is 3.84. The van der Waals surface area contributed by atoms with Gasteiger partial charge in [-0.05, 0) is 62.4 Å². The number of methoxy groups -OCH3 is 1. The summed E-state index contributed by atoms with van der Waals surface area (Å²) in [6.45, 7) is 3.75. The molecule has 1 aliphatic rings. The van der Waals surface area contributed by atoms with Gasteiger partial charge < -0.3 is 19.0 Å². The molecular formula is C26H23NO7. The molecule has 1 amide bonds. The molecule has 1 atom stereocenters. The summed E-state index contributed by atoms with van der Waals surface area (Å²) < 4.78 is 16.0. The normalized spacial score (nSPS) is 17.3. The van der Waals surface area contributed by atoms with Gasteiger partial charge in [0.1, 0.15) is 23.3 Å². The van der Waals surface area contributed by atoms with Crippen molar-refractivity contribution in [3.05, 3.63) is 89.4 Å². The van der Waals surface area contributed by atoms with Crippen LogP contribution in [0.1, 0.15) is 41.6 Å². The molecule has 3 aromatic rings. The van der Waals surface area contributed by atoms with Gasteiger partial charge in [-0.25, -0.2) is 4.79 Å². The third kappa shape index (κ3) is 4.17. The Morgan fingerprint density at radius 1 is 1.03 bits per heavy atom. The van der Waals surface area contributed by atoms with Crippen molar-refractivity contribution in [2.24, 2.45) is 0 Å². The van der Waals surface area contributed by atoms with Crippen LogP contribution in [0.5, 0.6) is 5.75 Å². The van der Waals surface area contributed by atoms with Crippen LogP contribution in [0.3, 0.4) is 0 Å². The molecule has 34 heavy (non-hydrogen) atoms. The number of amides is 1. The Kier molecular flexibility index (Phi) is 6.23. The van der Waals surface area contributed by atoms with Gasteiger partial charge in [-0.2, -0.15) is 0 Å². The molecule has 1 aliphatic heterocycles. The lowest BCUT2D eigenvalue weighted by atomic mass is 9.99. The van der Waals surface area contributed by atoms with E-state index in [1.54, 1.807) is 36.4 Å². The predicted octanol–water partition coefficient (Wildman–Crippen LogP) is 4.48. The van der Waals surface area contributed by atoms with Crippen molar-refractivity contribution in [1.29, 1.82) is 0 Å². The zero-order chi connectivity index (χ0) is 24.4. The van der Waals surface area contributed by atoms with Crippen LogP contribution in [0.4, 0.5) is 5.69 Å². The van der Waals surface area contributed by atoms with Gasteiger partial charge in [0.25, 0.3) is 11.7 Å². The van der Waals surface area contributed by atoms with Crippen molar-refractivity contribution < 1.29 is 33.4 Å². The molecule has 1 N–H and O–H groups in total. The van der Waals surface area contributed by atoms with Crippen molar-refractivity contribution >= 4 is 29.1 Å². The Morgan fingerprint density at radius 2 is 1.76 bits per heavy atom. The van der Waals surface area contributed by atoms with E-state index in [9.17, 15) is 19.5 Å². The number of Topliss-reactive ketones (excluding diaryl/α,β-unsaturated/α-hetero) is 1. The summed E-state index contributed by atoms with van der Waals surface area (Å²) in [6, 6.07) is 15.0. The highest BCUT2D eigenvalue weighted by molar-refractivity contribution is 6.51. The number of benzene rings is 2. The average Bonchev–Trinajstić information content (AvgIpc) is 3.45. The third-order valence-electron chi connectivity index (χ3n) is 5.30. The zero-order valence-corrected chi connectivity index (χ0v) is 18.8. The Balaban J connectivity index is 1.83. The lowest BCUT2D eigenvalue weighted by molar-refractivity contribution is -0.132. The molecule has 0 aliphatic carbocycles. The maximum absolute atomic E-state index is 13.1. The molecule has 4 rings (SSSR count). The van der Waals surface area contributed by atoms with Crippen LogP contribution >= 0.6 is 0 Å². The van der Waals surface area contributed by atoms with E-state index >= 15 is 0 Å². The van der Waals surface area contributed by atoms with E-state index in [1.807, 2.05) is 13.8 Å². The number of carbonyl (C=O) groups excluding carboxylic acids is 3. The van der Waals surface area contributed by atoms with Gasteiger partial charge >= 0.3 is 5.97 Å². The van der Waals surface area contributed by atoms with E-state index < -0.39 is 23.7 Å². The van der Waals surface area contributed by atoms with E-state index in [2.05, 4.69) is 0 Å². The number of aliphatic hydroxyl groups excluding tert-OH is 1. The monoisotopic (exact) mass is 461 g/mol. The number of anilines is 1. The van der Waals surface area contributed by atoms with Gasteiger partial charge in [-0.3, -0.25) is 14.5 Å². The minimum Gasteiger partial charge on any atom is -0.507 e. The fraction of sp³-hybridized carbons (Fsp3) is 0.192. The molecule has 8 heteroatoms. The lowest BCUT2D eigenvalue weighted by Crippen LogP contribution is -2.29. The molecule has 0 saturated carbocycles. The van der Waals surface area contributed by atoms with Gasteiger partial charge in [-0.1, -0.05) is 12.1 Å². The number of hydrogen-bond donors (Lipinski definition) is 1.